The lowest BCUT2D eigenvalue weighted by molar-refractivity contribution is 0.0675. The second-order valence-corrected chi connectivity index (χ2v) is 4.88. The molecule has 1 rings (SSSR count). The summed E-state index contributed by atoms with van der Waals surface area (Å²) in [5.74, 6) is 5.92. The van der Waals surface area contributed by atoms with Crippen molar-refractivity contribution in [3.63, 3.8) is 0 Å². The van der Waals surface area contributed by atoms with Gasteiger partial charge in [-0.15, -0.1) is 0 Å². The Morgan fingerprint density at radius 2 is 2.06 bits per heavy atom. The highest BCUT2D eigenvalue weighted by Gasteiger charge is 2.21. The number of hydrogen-bond acceptors (Lipinski definition) is 5. The van der Waals surface area contributed by atoms with Crippen LogP contribution in [-0.2, 0) is 0 Å². The molecule has 0 aliphatic carbocycles. The summed E-state index contributed by atoms with van der Waals surface area (Å²) in [6.45, 7) is 8.81. The molecule has 6 nitrogen and oxygen atoms in total. The van der Waals surface area contributed by atoms with Gasteiger partial charge in [-0.05, 0) is 19.8 Å². The maximum Gasteiger partial charge on any atom is 0.274 e. The Kier molecular flexibility index (Phi) is 5.03. The normalized spacial score (nSPS) is 10.8. The van der Waals surface area contributed by atoms with Crippen LogP contribution in [0.3, 0.4) is 0 Å². The Balaban J connectivity index is 2.94. The van der Waals surface area contributed by atoms with Crippen LogP contribution in [0.25, 0.3) is 0 Å². The molecule has 3 N–H and O–H groups in total. The molecule has 0 aliphatic heterocycles. The number of nitrogens with two attached hydrogens (primary N) is 1. The predicted octanol–water partition coefficient (Wildman–Crippen LogP) is 1.27. The topological polar surface area (TPSA) is 84.1 Å². The fourth-order valence-electron chi connectivity index (χ4n) is 1.61. The first-order valence-corrected chi connectivity index (χ1v) is 6.05. The fourth-order valence-corrected chi connectivity index (χ4v) is 1.61. The Hall–Kier alpha value is -1.69. The molecule has 6 heteroatoms. The van der Waals surface area contributed by atoms with Crippen LogP contribution in [-0.4, -0.2) is 33.4 Å². The van der Waals surface area contributed by atoms with Crippen molar-refractivity contribution in [3.05, 3.63) is 18.1 Å². The third-order valence-corrected chi connectivity index (χ3v) is 2.45. The molecule has 0 atom stereocenters. The van der Waals surface area contributed by atoms with Gasteiger partial charge in [0.1, 0.15) is 5.69 Å². The number of nitrogens with one attached hydrogen (secondary N) is 1. The van der Waals surface area contributed by atoms with Crippen LogP contribution in [0.2, 0.25) is 0 Å². The van der Waals surface area contributed by atoms with Crippen molar-refractivity contribution >= 4 is 11.7 Å². The van der Waals surface area contributed by atoms with E-state index < -0.39 is 0 Å². The van der Waals surface area contributed by atoms with Crippen molar-refractivity contribution in [1.29, 1.82) is 0 Å². The number of rotatable bonds is 5. The quantitative estimate of drug-likeness (QED) is 0.608. The molecule has 1 heterocycles. The number of hydrazine groups is 1. The highest BCUT2D eigenvalue weighted by Crippen LogP contribution is 2.10. The Morgan fingerprint density at radius 3 is 2.56 bits per heavy atom. The molecule has 0 aliphatic rings. The SMILES string of the molecule is CC(C)CN(C(=O)c1cncc(NN)n1)C(C)C. The van der Waals surface area contributed by atoms with E-state index in [0.717, 1.165) is 0 Å². The third kappa shape index (κ3) is 3.66. The molecular weight excluding hydrogens is 230 g/mol. The summed E-state index contributed by atoms with van der Waals surface area (Å²) in [7, 11) is 0. The predicted molar refractivity (Wildman–Crippen MR) is 70.9 cm³/mol. The van der Waals surface area contributed by atoms with Gasteiger partial charge >= 0.3 is 0 Å². The summed E-state index contributed by atoms with van der Waals surface area (Å²) in [6.07, 6.45) is 2.93. The molecule has 18 heavy (non-hydrogen) atoms. The number of aromatic nitrogens is 2. The molecule has 0 radical (unpaired) electrons. The number of nitrogens with zero attached hydrogens (tertiary/aromatic N) is 3. The molecule has 0 saturated heterocycles. The third-order valence-electron chi connectivity index (χ3n) is 2.45. The first-order chi connectivity index (χ1) is 8.45. The van der Waals surface area contributed by atoms with Gasteiger partial charge in [-0.25, -0.2) is 10.8 Å². The van der Waals surface area contributed by atoms with Crippen LogP contribution in [0.4, 0.5) is 5.82 Å². The molecule has 0 spiro atoms. The molecule has 1 aromatic heterocycles. The van der Waals surface area contributed by atoms with Crippen molar-refractivity contribution in [1.82, 2.24) is 14.9 Å². The average Bonchev–Trinajstić information content (AvgIpc) is 2.34. The molecule has 0 aromatic carbocycles. The average molecular weight is 251 g/mol. The number of carbonyl (C=O) groups is 1. The minimum absolute atomic E-state index is 0.121. The van der Waals surface area contributed by atoms with E-state index in [2.05, 4.69) is 29.2 Å². The zero-order chi connectivity index (χ0) is 13.7. The lowest BCUT2D eigenvalue weighted by Gasteiger charge is -2.28. The number of amides is 1. The summed E-state index contributed by atoms with van der Waals surface area (Å²) in [5.41, 5.74) is 2.69. The van der Waals surface area contributed by atoms with E-state index in [9.17, 15) is 4.79 Å². The standard InChI is InChI=1S/C12H21N5O/c1-8(2)7-17(9(3)4)12(18)10-5-14-6-11(15-10)16-13/h5-6,8-9H,7,13H2,1-4H3,(H,15,16). The van der Waals surface area contributed by atoms with Gasteiger partial charge in [0.15, 0.2) is 5.82 Å². The zero-order valence-corrected chi connectivity index (χ0v) is 11.3. The van der Waals surface area contributed by atoms with Crippen LogP contribution < -0.4 is 11.3 Å². The minimum atomic E-state index is -0.122. The van der Waals surface area contributed by atoms with Crippen molar-refractivity contribution in [2.45, 2.75) is 33.7 Å². The molecule has 0 saturated carbocycles. The van der Waals surface area contributed by atoms with Gasteiger partial charge in [-0.2, -0.15) is 0 Å². The Morgan fingerprint density at radius 1 is 1.39 bits per heavy atom. The molecule has 0 bridgehead atoms. The maximum atomic E-state index is 12.3. The smallest absolute Gasteiger partial charge is 0.274 e. The maximum absolute atomic E-state index is 12.3. The lowest BCUT2D eigenvalue weighted by Crippen LogP contribution is -2.40. The van der Waals surface area contributed by atoms with Crippen molar-refractivity contribution < 1.29 is 4.79 Å². The monoisotopic (exact) mass is 251 g/mol. The second kappa shape index (κ2) is 6.30. The minimum Gasteiger partial charge on any atom is -0.335 e. The molecular formula is C12H21N5O. The largest absolute Gasteiger partial charge is 0.335 e. The van der Waals surface area contributed by atoms with Gasteiger partial charge in [0.2, 0.25) is 0 Å². The number of carbonyl (C=O) groups excluding carboxylic acids is 1. The van der Waals surface area contributed by atoms with Gasteiger partial charge in [0.05, 0.1) is 12.4 Å². The molecule has 100 valence electrons. The van der Waals surface area contributed by atoms with Crippen molar-refractivity contribution in [2.75, 3.05) is 12.0 Å². The number of hydrogen-bond donors (Lipinski definition) is 2. The van der Waals surface area contributed by atoms with Gasteiger partial charge in [0.25, 0.3) is 5.91 Å². The fraction of sp³-hybridized carbons (Fsp3) is 0.583. The van der Waals surface area contributed by atoms with E-state index in [4.69, 9.17) is 5.84 Å². The van der Waals surface area contributed by atoms with Gasteiger partial charge in [-0.1, -0.05) is 13.8 Å². The Bertz CT molecular complexity index is 405. The highest BCUT2D eigenvalue weighted by molar-refractivity contribution is 5.92. The zero-order valence-electron chi connectivity index (χ0n) is 11.3. The summed E-state index contributed by atoms with van der Waals surface area (Å²) >= 11 is 0. The van der Waals surface area contributed by atoms with Crippen molar-refractivity contribution in [2.24, 2.45) is 11.8 Å². The lowest BCUT2D eigenvalue weighted by atomic mass is 10.1. The number of anilines is 1. The summed E-state index contributed by atoms with van der Waals surface area (Å²) in [4.78, 5) is 22.2. The summed E-state index contributed by atoms with van der Waals surface area (Å²) in [5, 5.41) is 0. The van der Waals surface area contributed by atoms with E-state index >= 15 is 0 Å². The van der Waals surface area contributed by atoms with E-state index in [-0.39, 0.29) is 11.9 Å². The van der Waals surface area contributed by atoms with Crippen LogP contribution in [0.1, 0.15) is 38.2 Å². The van der Waals surface area contributed by atoms with Gasteiger partial charge in [-0.3, -0.25) is 9.78 Å². The van der Waals surface area contributed by atoms with E-state index in [0.29, 0.717) is 24.0 Å². The Labute approximate surface area is 108 Å². The van der Waals surface area contributed by atoms with Crippen LogP contribution in [0.5, 0.6) is 0 Å². The molecule has 0 fully saturated rings. The first kappa shape index (κ1) is 14.4. The van der Waals surface area contributed by atoms with E-state index in [1.165, 1.54) is 12.4 Å². The van der Waals surface area contributed by atoms with Gasteiger partial charge < -0.3 is 10.3 Å². The van der Waals surface area contributed by atoms with E-state index in [1.54, 1.807) is 4.90 Å². The highest BCUT2D eigenvalue weighted by atomic mass is 16.2. The first-order valence-electron chi connectivity index (χ1n) is 6.05. The van der Waals surface area contributed by atoms with Crippen molar-refractivity contribution in [3.8, 4) is 0 Å². The summed E-state index contributed by atoms with van der Waals surface area (Å²) in [6, 6.07) is 0.121. The summed E-state index contributed by atoms with van der Waals surface area (Å²) < 4.78 is 0. The molecule has 1 aromatic rings. The van der Waals surface area contributed by atoms with Crippen LogP contribution in [0.15, 0.2) is 12.4 Å². The second-order valence-electron chi connectivity index (χ2n) is 4.88. The number of nitrogen functional groups attached to an aromatic ring is 1. The molecule has 1 amide bonds. The van der Waals surface area contributed by atoms with Crippen LogP contribution >= 0.6 is 0 Å². The van der Waals surface area contributed by atoms with Gasteiger partial charge in [0, 0.05) is 12.6 Å². The van der Waals surface area contributed by atoms with E-state index in [1.807, 2.05) is 13.8 Å². The van der Waals surface area contributed by atoms with Crippen LogP contribution in [0, 0.1) is 5.92 Å². The molecule has 0 unspecified atom stereocenters.